The first kappa shape index (κ1) is 18.2. The molecule has 1 aromatic heterocycles. The molecule has 138 valence electrons. The summed E-state index contributed by atoms with van der Waals surface area (Å²) in [7, 11) is 1.63. The summed E-state index contributed by atoms with van der Waals surface area (Å²) in [6, 6.07) is 11.9. The Bertz CT molecular complexity index is 788. The Balaban J connectivity index is 1.48. The molecule has 1 aromatic carbocycles. The van der Waals surface area contributed by atoms with E-state index >= 15 is 0 Å². The molecule has 0 spiro atoms. The van der Waals surface area contributed by atoms with E-state index in [4.69, 9.17) is 0 Å². The lowest BCUT2D eigenvalue weighted by Gasteiger charge is -2.33. The van der Waals surface area contributed by atoms with Crippen molar-refractivity contribution in [1.29, 1.82) is 0 Å². The van der Waals surface area contributed by atoms with Crippen molar-refractivity contribution in [3.63, 3.8) is 0 Å². The fourth-order valence-electron chi connectivity index (χ4n) is 3.35. The maximum absolute atomic E-state index is 12.5. The molecule has 1 atom stereocenters. The average molecular weight is 354 g/mol. The van der Waals surface area contributed by atoms with E-state index in [0.29, 0.717) is 13.1 Å². The third-order valence-corrected chi connectivity index (χ3v) is 4.90. The standard InChI is InChI=1S/C20H26N4O2/c1-23-19(25)13-18(14-22-23)24-12-6-10-17(15-24)20(26)21-11-5-9-16-7-3-2-4-8-16/h2-4,7-8,13-14,17H,5-6,9-12,15H2,1H3,(H,21,26)/t17-/m0/s1. The van der Waals surface area contributed by atoms with Crippen molar-refractivity contribution in [2.24, 2.45) is 13.0 Å². The first-order valence-corrected chi connectivity index (χ1v) is 9.23. The van der Waals surface area contributed by atoms with Crippen molar-refractivity contribution in [2.45, 2.75) is 25.7 Å². The molecule has 1 N–H and O–H groups in total. The number of hydrogen-bond donors (Lipinski definition) is 1. The number of anilines is 1. The van der Waals surface area contributed by atoms with Crippen LogP contribution in [-0.2, 0) is 18.3 Å². The second-order valence-electron chi connectivity index (χ2n) is 6.84. The number of rotatable bonds is 6. The van der Waals surface area contributed by atoms with Gasteiger partial charge in [0.15, 0.2) is 0 Å². The Hall–Kier alpha value is -2.63. The van der Waals surface area contributed by atoms with E-state index in [1.807, 2.05) is 18.2 Å². The van der Waals surface area contributed by atoms with Gasteiger partial charge in [-0.05, 0) is 31.2 Å². The SMILES string of the molecule is Cn1ncc(N2CCC[C@H](C(=O)NCCCc3ccccc3)C2)cc1=O. The Kier molecular flexibility index (Phi) is 6.04. The quantitative estimate of drug-likeness (QED) is 0.803. The van der Waals surface area contributed by atoms with E-state index in [-0.39, 0.29) is 17.4 Å². The Labute approximate surface area is 153 Å². The number of nitrogens with zero attached hydrogens (tertiary/aromatic N) is 3. The minimum Gasteiger partial charge on any atom is -0.369 e. The molecule has 1 aliphatic heterocycles. The summed E-state index contributed by atoms with van der Waals surface area (Å²) in [5.41, 5.74) is 1.97. The van der Waals surface area contributed by atoms with Crippen LogP contribution in [0.5, 0.6) is 0 Å². The van der Waals surface area contributed by atoms with Crippen LogP contribution in [-0.4, -0.2) is 35.3 Å². The molecule has 26 heavy (non-hydrogen) atoms. The normalized spacial score (nSPS) is 17.1. The van der Waals surface area contributed by atoms with Gasteiger partial charge < -0.3 is 10.2 Å². The minimum atomic E-state index is -0.130. The maximum Gasteiger partial charge on any atom is 0.268 e. The topological polar surface area (TPSA) is 67.2 Å². The molecular formula is C20H26N4O2. The van der Waals surface area contributed by atoms with Crippen molar-refractivity contribution in [1.82, 2.24) is 15.1 Å². The summed E-state index contributed by atoms with van der Waals surface area (Å²) < 4.78 is 1.31. The zero-order valence-electron chi connectivity index (χ0n) is 15.2. The van der Waals surface area contributed by atoms with Gasteiger partial charge in [-0.2, -0.15) is 5.10 Å². The average Bonchev–Trinajstić information content (AvgIpc) is 2.68. The number of piperidine rings is 1. The van der Waals surface area contributed by atoms with Gasteiger partial charge in [0, 0.05) is 32.7 Å². The molecule has 0 aliphatic carbocycles. The van der Waals surface area contributed by atoms with E-state index in [9.17, 15) is 9.59 Å². The molecule has 0 bridgehead atoms. The number of amides is 1. The van der Waals surface area contributed by atoms with Crippen LogP contribution in [0.15, 0.2) is 47.4 Å². The summed E-state index contributed by atoms with van der Waals surface area (Å²) in [6.07, 6.45) is 5.43. The minimum absolute atomic E-state index is 0.0375. The molecule has 6 nitrogen and oxygen atoms in total. The predicted octanol–water partition coefficient (Wildman–Crippen LogP) is 1.75. The molecule has 0 radical (unpaired) electrons. The molecule has 0 saturated carbocycles. The smallest absolute Gasteiger partial charge is 0.268 e. The molecular weight excluding hydrogens is 328 g/mol. The monoisotopic (exact) mass is 354 g/mol. The number of nitrogens with one attached hydrogen (secondary N) is 1. The third-order valence-electron chi connectivity index (χ3n) is 4.90. The van der Waals surface area contributed by atoms with Crippen LogP contribution in [0.2, 0.25) is 0 Å². The van der Waals surface area contributed by atoms with Gasteiger partial charge in [0.1, 0.15) is 0 Å². The highest BCUT2D eigenvalue weighted by Gasteiger charge is 2.26. The van der Waals surface area contributed by atoms with Crippen LogP contribution in [0.1, 0.15) is 24.8 Å². The van der Waals surface area contributed by atoms with Gasteiger partial charge in [0.25, 0.3) is 5.56 Å². The number of carbonyl (C=O) groups is 1. The fraction of sp³-hybridized carbons (Fsp3) is 0.450. The van der Waals surface area contributed by atoms with Crippen LogP contribution < -0.4 is 15.8 Å². The van der Waals surface area contributed by atoms with E-state index in [2.05, 4.69) is 27.4 Å². The lowest BCUT2D eigenvalue weighted by Crippen LogP contribution is -2.43. The number of benzene rings is 1. The Morgan fingerprint density at radius 3 is 2.88 bits per heavy atom. The molecule has 2 aromatic rings. The van der Waals surface area contributed by atoms with Crippen LogP contribution in [0.3, 0.4) is 0 Å². The van der Waals surface area contributed by atoms with E-state index in [0.717, 1.165) is 37.9 Å². The van der Waals surface area contributed by atoms with Gasteiger partial charge in [-0.15, -0.1) is 0 Å². The molecule has 1 fully saturated rings. The van der Waals surface area contributed by atoms with Crippen LogP contribution in [0, 0.1) is 5.92 Å². The Morgan fingerprint density at radius 2 is 2.12 bits per heavy atom. The van der Waals surface area contributed by atoms with Gasteiger partial charge in [-0.1, -0.05) is 30.3 Å². The zero-order valence-corrected chi connectivity index (χ0v) is 15.2. The van der Waals surface area contributed by atoms with Gasteiger partial charge >= 0.3 is 0 Å². The fourth-order valence-corrected chi connectivity index (χ4v) is 3.35. The first-order chi connectivity index (χ1) is 12.6. The van der Waals surface area contributed by atoms with Gasteiger partial charge in [-0.25, -0.2) is 4.68 Å². The second-order valence-corrected chi connectivity index (χ2v) is 6.84. The Morgan fingerprint density at radius 1 is 1.31 bits per heavy atom. The molecule has 1 aliphatic rings. The maximum atomic E-state index is 12.5. The lowest BCUT2D eigenvalue weighted by molar-refractivity contribution is -0.125. The zero-order chi connectivity index (χ0) is 18.4. The van der Waals surface area contributed by atoms with Crippen molar-refractivity contribution in [3.05, 3.63) is 58.5 Å². The number of aromatic nitrogens is 2. The van der Waals surface area contributed by atoms with Crippen molar-refractivity contribution < 1.29 is 4.79 Å². The largest absolute Gasteiger partial charge is 0.369 e. The molecule has 1 amide bonds. The highest BCUT2D eigenvalue weighted by molar-refractivity contribution is 5.79. The number of aryl methyl sites for hydroxylation is 2. The lowest BCUT2D eigenvalue weighted by atomic mass is 9.96. The van der Waals surface area contributed by atoms with Crippen LogP contribution >= 0.6 is 0 Å². The molecule has 3 rings (SSSR count). The third kappa shape index (κ3) is 4.71. The number of carbonyl (C=O) groups excluding carboxylic acids is 1. The summed E-state index contributed by atoms with van der Waals surface area (Å²) in [5.74, 6) is 0.0732. The van der Waals surface area contributed by atoms with Crippen molar-refractivity contribution in [2.75, 3.05) is 24.5 Å². The summed E-state index contributed by atoms with van der Waals surface area (Å²) in [4.78, 5) is 26.4. The van der Waals surface area contributed by atoms with Crippen LogP contribution in [0.4, 0.5) is 5.69 Å². The molecule has 1 saturated heterocycles. The first-order valence-electron chi connectivity index (χ1n) is 9.23. The van der Waals surface area contributed by atoms with E-state index < -0.39 is 0 Å². The van der Waals surface area contributed by atoms with Gasteiger partial charge in [-0.3, -0.25) is 9.59 Å². The van der Waals surface area contributed by atoms with E-state index in [1.165, 1.54) is 10.2 Å². The molecule has 0 unspecified atom stereocenters. The molecule has 6 heteroatoms. The van der Waals surface area contributed by atoms with E-state index in [1.54, 1.807) is 19.3 Å². The summed E-state index contributed by atoms with van der Waals surface area (Å²) >= 11 is 0. The van der Waals surface area contributed by atoms with Crippen LogP contribution in [0.25, 0.3) is 0 Å². The van der Waals surface area contributed by atoms with Gasteiger partial charge in [0.05, 0.1) is 17.8 Å². The highest BCUT2D eigenvalue weighted by atomic mass is 16.2. The van der Waals surface area contributed by atoms with Crippen molar-refractivity contribution >= 4 is 11.6 Å². The number of hydrogen-bond acceptors (Lipinski definition) is 4. The summed E-state index contributed by atoms with van der Waals surface area (Å²) in [6.45, 7) is 2.18. The molecule has 2 heterocycles. The predicted molar refractivity (Wildman–Crippen MR) is 102 cm³/mol. The highest BCUT2D eigenvalue weighted by Crippen LogP contribution is 2.21. The van der Waals surface area contributed by atoms with Crippen molar-refractivity contribution in [3.8, 4) is 0 Å². The second kappa shape index (κ2) is 8.65. The van der Waals surface area contributed by atoms with Gasteiger partial charge in [0.2, 0.25) is 5.91 Å². The summed E-state index contributed by atoms with van der Waals surface area (Å²) in [5, 5.41) is 7.14.